The zero-order chi connectivity index (χ0) is 33.3. The van der Waals surface area contributed by atoms with E-state index in [2.05, 4.69) is 29.7 Å². The summed E-state index contributed by atoms with van der Waals surface area (Å²) in [5, 5.41) is 33.7. The molecule has 3 amide bonds. The van der Waals surface area contributed by atoms with Crippen LogP contribution in [0, 0.1) is 0 Å². The summed E-state index contributed by atoms with van der Waals surface area (Å²) in [6, 6.07) is -0.0912. The van der Waals surface area contributed by atoms with E-state index in [1.165, 1.54) is 11.8 Å². The third-order valence-corrected chi connectivity index (χ3v) is 9.43. The molecule has 0 aliphatic carbocycles. The van der Waals surface area contributed by atoms with Gasteiger partial charge >= 0.3 is 11.9 Å². The number of carbonyl (C=O) groups is 5. The minimum atomic E-state index is -1.35. The number of carboxylic acid groups (broad SMARTS) is 2. The molecule has 21 heteroatoms. The summed E-state index contributed by atoms with van der Waals surface area (Å²) in [5.41, 5.74) is 4.78. The smallest absolute Gasteiger partial charge is 0.352 e. The van der Waals surface area contributed by atoms with Crippen LogP contribution in [0.5, 0.6) is 5.75 Å². The van der Waals surface area contributed by atoms with Gasteiger partial charge in [-0.05, 0) is 0 Å². The first-order valence-corrected chi connectivity index (χ1v) is 15.4. The number of hydrogen-bond acceptors (Lipinski definition) is 14. The van der Waals surface area contributed by atoms with Crippen molar-refractivity contribution < 1.29 is 48.6 Å². The van der Waals surface area contributed by atoms with E-state index in [1.54, 1.807) is 4.90 Å². The van der Waals surface area contributed by atoms with Crippen molar-refractivity contribution in [2.24, 2.45) is 5.16 Å². The molecule has 0 spiro atoms. The predicted octanol–water partition coefficient (Wildman–Crippen LogP) is -2.34. The number of β-lactam (4-membered cyclic amide) rings is 1. The molecule has 2 fully saturated rings. The van der Waals surface area contributed by atoms with Crippen LogP contribution in [0.25, 0.3) is 0 Å². The van der Waals surface area contributed by atoms with Gasteiger partial charge in [0.05, 0.1) is 33.2 Å². The first kappa shape index (κ1) is 32.4. The van der Waals surface area contributed by atoms with E-state index < -0.39 is 64.6 Å². The van der Waals surface area contributed by atoms with Crippen molar-refractivity contribution in [3.63, 3.8) is 0 Å². The molecule has 5 rings (SSSR count). The van der Waals surface area contributed by atoms with Gasteiger partial charge in [0.2, 0.25) is 23.6 Å². The van der Waals surface area contributed by atoms with Crippen LogP contribution >= 0.6 is 23.3 Å². The van der Waals surface area contributed by atoms with Crippen molar-refractivity contribution in [3.05, 3.63) is 45.3 Å². The van der Waals surface area contributed by atoms with Gasteiger partial charge in [0.15, 0.2) is 10.9 Å². The minimum absolute atomic E-state index is 0.00397. The molecule has 0 bridgehead atoms. The fourth-order valence-corrected chi connectivity index (χ4v) is 6.98. The van der Waals surface area contributed by atoms with E-state index >= 15 is 0 Å². The molecule has 3 aliphatic rings. The lowest BCUT2D eigenvalue weighted by molar-refractivity contribution is -0.908. The summed E-state index contributed by atoms with van der Waals surface area (Å²) >= 11 is 2.02. The Morgan fingerprint density at radius 3 is 2.57 bits per heavy atom. The summed E-state index contributed by atoms with van der Waals surface area (Å²) in [6.45, 7) is 0.999. The molecule has 0 radical (unpaired) electrons. The van der Waals surface area contributed by atoms with E-state index in [4.69, 9.17) is 10.8 Å². The summed E-state index contributed by atoms with van der Waals surface area (Å²) in [6.07, 6.45) is 1.05. The number of hydrogen-bond donors (Lipinski definition) is 6. The first-order valence-electron chi connectivity index (χ1n) is 13.5. The highest BCUT2D eigenvalue weighted by molar-refractivity contribution is 8.00. The van der Waals surface area contributed by atoms with Crippen molar-refractivity contribution >= 4 is 63.8 Å². The number of nitrogens with one attached hydrogen (secondary N) is 2. The maximum Gasteiger partial charge on any atom is 0.352 e. The van der Waals surface area contributed by atoms with E-state index in [9.17, 15) is 39.0 Å². The number of fused-ring (bicyclic) bond motifs is 1. The maximum absolute atomic E-state index is 13.2. The second-order valence-corrected chi connectivity index (χ2v) is 12.7. The number of likely N-dealkylation sites (N-methyl/N-ethyl adjacent to an activating group) is 1. The number of nitrogens with two attached hydrogens (primary N) is 1. The van der Waals surface area contributed by atoms with Crippen LogP contribution in [-0.4, -0.2) is 143 Å². The van der Waals surface area contributed by atoms with Crippen molar-refractivity contribution in [2.75, 3.05) is 57.9 Å². The normalized spacial score (nSPS) is 20.9. The number of pyridine rings is 1. The number of quaternary nitrogens is 1. The number of rotatable bonds is 10. The second kappa shape index (κ2) is 12.8. The molecule has 2 aromatic heterocycles. The SMILES string of the molecule is C[N+]1(CC2=C(C(=O)O)N3C(=O)C(NC(=O)C(=NOCC(=O)O)c4nsc(N)n4)[C@H]3SC2)CCN(C(=O)c2cc(=O)c(O)c[nH]2)CC1. The van der Waals surface area contributed by atoms with Crippen LogP contribution in [-0.2, 0) is 24.0 Å². The maximum atomic E-state index is 13.2. The van der Waals surface area contributed by atoms with Crippen molar-refractivity contribution in [2.45, 2.75) is 11.4 Å². The number of thioether (sulfide) groups is 1. The number of anilines is 1. The molecule has 2 atom stereocenters. The summed E-state index contributed by atoms with van der Waals surface area (Å²) in [5.74, 6) is -5.16. The standard InChI is InChI=1S/C25H27N9O10S2/c1-34(4-2-32(3-5-34)21(40)12-6-13(35)14(36)7-27-12)8-11-10-45-23-17(22(41)33(23)18(11)24(42)43)28-20(39)16(30-44-9-15(37)38)19-29-25(26)46-31-19/h6-7,17,23H,2-5,8-10H2,1H3,(H6-,26,27,28,29,30,31,35,36,37,38,39,40,42,43)/p+1/t17?,23-/m1/s1. The molecule has 1 unspecified atom stereocenters. The summed E-state index contributed by atoms with van der Waals surface area (Å²) in [7, 11) is 1.92. The largest absolute Gasteiger partial charge is 0.503 e. The molecule has 244 valence electrons. The van der Waals surface area contributed by atoms with Crippen molar-refractivity contribution in [1.82, 2.24) is 29.5 Å². The molecular formula is C25H28N9O10S2+. The Balaban J connectivity index is 1.26. The first-order chi connectivity index (χ1) is 21.8. The number of carboxylic acids is 2. The van der Waals surface area contributed by atoms with Crippen LogP contribution in [0.4, 0.5) is 5.13 Å². The quantitative estimate of drug-likeness (QED) is 0.0666. The number of carbonyl (C=O) groups excluding carboxylic acids is 3. The highest BCUT2D eigenvalue weighted by Gasteiger charge is 2.55. The zero-order valence-corrected chi connectivity index (χ0v) is 25.7. The van der Waals surface area contributed by atoms with Crippen molar-refractivity contribution in [1.29, 1.82) is 0 Å². The molecule has 3 aliphatic heterocycles. The highest BCUT2D eigenvalue weighted by atomic mass is 32.2. The average molecular weight is 679 g/mol. The Morgan fingerprint density at radius 2 is 1.96 bits per heavy atom. The van der Waals surface area contributed by atoms with Gasteiger partial charge in [0.25, 0.3) is 17.7 Å². The van der Waals surface area contributed by atoms with Gasteiger partial charge in [-0.1, -0.05) is 5.16 Å². The Morgan fingerprint density at radius 1 is 1.24 bits per heavy atom. The van der Waals surface area contributed by atoms with Crippen LogP contribution in [0.15, 0.2) is 33.5 Å². The number of piperazine rings is 1. The molecule has 5 heterocycles. The molecule has 7 N–H and O–H groups in total. The van der Waals surface area contributed by atoms with Crippen LogP contribution < -0.4 is 16.5 Å². The number of oxime groups is 1. The van der Waals surface area contributed by atoms with Gasteiger partial charge in [-0.25, -0.2) is 9.59 Å². The second-order valence-electron chi connectivity index (χ2n) is 10.8. The molecule has 46 heavy (non-hydrogen) atoms. The molecule has 0 saturated carbocycles. The fraction of sp³-hybridized carbons (Fsp3) is 0.400. The zero-order valence-electron chi connectivity index (χ0n) is 24.0. The van der Waals surface area contributed by atoms with Gasteiger partial charge in [0, 0.05) is 35.1 Å². The number of aliphatic carboxylic acids is 2. The van der Waals surface area contributed by atoms with Gasteiger partial charge in [-0.15, -0.1) is 11.8 Å². The molecular weight excluding hydrogens is 650 g/mol. The molecule has 19 nitrogen and oxygen atoms in total. The monoisotopic (exact) mass is 678 g/mol. The summed E-state index contributed by atoms with van der Waals surface area (Å²) in [4.78, 5) is 88.0. The number of nitrogen functional groups attached to an aromatic ring is 1. The van der Waals surface area contributed by atoms with Crippen molar-refractivity contribution in [3.8, 4) is 5.75 Å². The predicted molar refractivity (Wildman–Crippen MR) is 160 cm³/mol. The topological polar surface area (TPSA) is 271 Å². The number of amides is 3. The van der Waals surface area contributed by atoms with Crippen LogP contribution in [0.2, 0.25) is 0 Å². The van der Waals surface area contributed by atoms with Gasteiger partial charge < -0.3 is 45.6 Å². The van der Waals surface area contributed by atoms with Crippen LogP contribution in [0.3, 0.4) is 0 Å². The number of aromatic nitrogens is 3. The molecule has 0 aromatic carbocycles. The Bertz CT molecular complexity index is 1730. The Labute approximate surface area is 267 Å². The van der Waals surface area contributed by atoms with E-state index in [-0.39, 0.29) is 34.6 Å². The van der Waals surface area contributed by atoms with Crippen LogP contribution in [0.1, 0.15) is 16.3 Å². The lowest BCUT2D eigenvalue weighted by atomic mass is 10.0. The number of aromatic hydroxyl groups is 1. The third kappa shape index (κ3) is 6.50. The number of nitrogens with zero attached hydrogens (tertiary/aromatic N) is 6. The highest BCUT2D eigenvalue weighted by Crippen LogP contribution is 2.41. The van der Waals surface area contributed by atoms with Gasteiger partial charge in [0.1, 0.15) is 29.4 Å². The van der Waals surface area contributed by atoms with E-state index in [0.717, 1.165) is 28.7 Å². The minimum Gasteiger partial charge on any atom is -0.503 e. The Kier molecular flexibility index (Phi) is 8.99. The van der Waals surface area contributed by atoms with E-state index in [0.29, 0.717) is 36.2 Å². The third-order valence-electron chi connectivity index (χ3n) is 7.55. The average Bonchev–Trinajstić information content (AvgIpc) is 3.44. The number of H-pyrrole nitrogens is 1. The Hall–Kier alpha value is -5.02. The summed E-state index contributed by atoms with van der Waals surface area (Å²) < 4.78 is 4.27. The number of aromatic amines is 1. The molecule has 2 aromatic rings. The molecule has 2 saturated heterocycles. The van der Waals surface area contributed by atoms with Gasteiger partial charge in [-0.2, -0.15) is 9.36 Å². The lowest BCUT2D eigenvalue weighted by Crippen LogP contribution is -2.71. The lowest BCUT2D eigenvalue weighted by Gasteiger charge is -2.50. The van der Waals surface area contributed by atoms with Gasteiger partial charge in [-0.3, -0.25) is 24.1 Å². The van der Waals surface area contributed by atoms with E-state index in [1.807, 2.05) is 7.05 Å². The fourth-order valence-electron chi connectivity index (χ4n) is 5.21.